The molecule has 1 atom stereocenters. The summed E-state index contributed by atoms with van der Waals surface area (Å²) in [6.45, 7) is 1.99. The van der Waals surface area contributed by atoms with Crippen molar-refractivity contribution in [3.05, 3.63) is 47.8 Å². The molecule has 0 saturated carbocycles. The molecule has 1 heterocycles. The first-order valence-electron chi connectivity index (χ1n) is 5.59. The van der Waals surface area contributed by atoms with Crippen LogP contribution in [0.25, 0.3) is 0 Å². The second-order valence-corrected chi connectivity index (χ2v) is 3.92. The molecule has 5 heteroatoms. The van der Waals surface area contributed by atoms with Gasteiger partial charge in [-0.3, -0.25) is 4.79 Å². The zero-order valence-electron chi connectivity index (χ0n) is 10.00. The average Bonchev–Trinajstić information content (AvgIpc) is 2.40. The molecule has 2 rings (SSSR count). The Morgan fingerprint density at radius 1 is 1.28 bits per heavy atom. The lowest BCUT2D eigenvalue weighted by Gasteiger charge is -2.16. The second kappa shape index (κ2) is 5.27. The summed E-state index contributed by atoms with van der Waals surface area (Å²) >= 11 is 0. The van der Waals surface area contributed by atoms with Crippen molar-refractivity contribution < 1.29 is 4.79 Å². The first-order valence-corrected chi connectivity index (χ1v) is 5.59. The number of aromatic nitrogens is 2. The number of carbonyl (C=O) groups is 1. The van der Waals surface area contributed by atoms with Gasteiger partial charge in [-0.05, 0) is 12.5 Å². The molecule has 0 aliphatic carbocycles. The predicted molar refractivity (Wildman–Crippen MR) is 70.3 cm³/mol. The van der Waals surface area contributed by atoms with E-state index < -0.39 is 0 Å². The molecule has 0 radical (unpaired) electrons. The molecule has 0 amide bonds. The van der Waals surface area contributed by atoms with Crippen molar-refractivity contribution in [2.24, 2.45) is 0 Å². The molecule has 0 aliphatic rings. The van der Waals surface area contributed by atoms with Crippen LogP contribution < -0.4 is 11.1 Å². The van der Waals surface area contributed by atoms with E-state index in [0.717, 1.165) is 5.56 Å². The molecule has 0 aliphatic heterocycles. The summed E-state index contributed by atoms with van der Waals surface area (Å²) in [6.07, 6.45) is 2.00. The van der Waals surface area contributed by atoms with Gasteiger partial charge in [0, 0.05) is 6.04 Å². The SMILES string of the molecule is CC(Nc1ncnc(N)c1C=O)c1ccccc1. The number of benzene rings is 1. The minimum atomic E-state index is 0.0270. The zero-order valence-corrected chi connectivity index (χ0v) is 10.00. The topological polar surface area (TPSA) is 80.9 Å². The maximum atomic E-state index is 11.0. The standard InChI is InChI=1S/C13H14N4O/c1-9(10-5-3-2-4-6-10)17-13-11(7-18)12(14)15-8-16-13/h2-9H,1H3,(H3,14,15,16,17). The first kappa shape index (κ1) is 12.0. The second-order valence-electron chi connectivity index (χ2n) is 3.92. The van der Waals surface area contributed by atoms with Gasteiger partial charge in [-0.2, -0.15) is 0 Å². The number of aldehydes is 1. The molecule has 1 aromatic heterocycles. The summed E-state index contributed by atoms with van der Waals surface area (Å²) in [7, 11) is 0. The van der Waals surface area contributed by atoms with Crippen molar-refractivity contribution in [2.75, 3.05) is 11.1 Å². The fraction of sp³-hybridized carbons (Fsp3) is 0.154. The summed E-state index contributed by atoms with van der Waals surface area (Å²) < 4.78 is 0. The van der Waals surface area contributed by atoms with Gasteiger partial charge in [-0.15, -0.1) is 0 Å². The Morgan fingerprint density at radius 3 is 2.67 bits per heavy atom. The molecule has 0 fully saturated rings. The molecule has 18 heavy (non-hydrogen) atoms. The summed E-state index contributed by atoms with van der Waals surface area (Å²) in [5, 5.41) is 3.16. The smallest absolute Gasteiger partial charge is 0.157 e. The van der Waals surface area contributed by atoms with Gasteiger partial charge in [-0.1, -0.05) is 30.3 Å². The lowest BCUT2D eigenvalue weighted by atomic mass is 10.1. The molecule has 2 aromatic rings. The third-order valence-electron chi connectivity index (χ3n) is 2.69. The highest BCUT2D eigenvalue weighted by molar-refractivity contribution is 5.88. The quantitative estimate of drug-likeness (QED) is 0.802. The Bertz CT molecular complexity index is 542. The zero-order chi connectivity index (χ0) is 13.0. The Balaban J connectivity index is 2.25. The van der Waals surface area contributed by atoms with E-state index in [1.807, 2.05) is 37.3 Å². The van der Waals surface area contributed by atoms with Crippen molar-refractivity contribution in [1.82, 2.24) is 9.97 Å². The maximum Gasteiger partial charge on any atom is 0.157 e. The van der Waals surface area contributed by atoms with Crippen molar-refractivity contribution in [1.29, 1.82) is 0 Å². The third kappa shape index (κ3) is 2.45. The highest BCUT2D eigenvalue weighted by Crippen LogP contribution is 2.21. The number of nitrogens with two attached hydrogens (primary N) is 1. The summed E-state index contributed by atoms with van der Waals surface area (Å²) in [4.78, 5) is 18.8. The molecule has 0 saturated heterocycles. The van der Waals surface area contributed by atoms with E-state index in [0.29, 0.717) is 17.7 Å². The van der Waals surface area contributed by atoms with Gasteiger partial charge in [0.2, 0.25) is 0 Å². The molecule has 1 aromatic carbocycles. The largest absolute Gasteiger partial charge is 0.383 e. The van der Waals surface area contributed by atoms with Crippen molar-refractivity contribution >= 4 is 17.9 Å². The van der Waals surface area contributed by atoms with Crippen LogP contribution >= 0.6 is 0 Å². The maximum absolute atomic E-state index is 11.0. The van der Waals surface area contributed by atoms with Gasteiger partial charge < -0.3 is 11.1 Å². The lowest BCUT2D eigenvalue weighted by Crippen LogP contribution is -2.11. The number of nitrogens with one attached hydrogen (secondary N) is 1. The molecular formula is C13H14N4O. The van der Waals surface area contributed by atoms with Crippen LogP contribution in [0.4, 0.5) is 11.6 Å². The summed E-state index contributed by atoms with van der Waals surface area (Å²) in [6, 6.07) is 9.91. The summed E-state index contributed by atoms with van der Waals surface area (Å²) in [5.41, 5.74) is 7.02. The van der Waals surface area contributed by atoms with E-state index in [9.17, 15) is 4.79 Å². The molecule has 5 nitrogen and oxygen atoms in total. The van der Waals surface area contributed by atoms with Gasteiger partial charge in [-0.25, -0.2) is 9.97 Å². The summed E-state index contributed by atoms with van der Waals surface area (Å²) in [5.74, 6) is 0.636. The number of nitrogens with zero attached hydrogens (tertiary/aromatic N) is 2. The van der Waals surface area contributed by atoms with Crippen molar-refractivity contribution in [3.8, 4) is 0 Å². The van der Waals surface area contributed by atoms with Crippen LogP contribution in [0.15, 0.2) is 36.7 Å². The number of nitrogen functional groups attached to an aromatic ring is 1. The number of anilines is 2. The fourth-order valence-corrected chi connectivity index (χ4v) is 1.67. The highest BCUT2D eigenvalue weighted by Gasteiger charge is 2.11. The minimum absolute atomic E-state index is 0.0270. The number of hydrogen-bond acceptors (Lipinski definition) is 5. The molecule has 0 spiro atoms. The van der Waals surface area contributed by atoms with E-state index in [4.69, 9.17) is 5.73 Å². The van der Waals surface area contributed by atoms with Crippen molar-refractivity contribution in [3.63, 3.8) is 0 Å². The van der Waals surface area contributed by atoms with Crippen molar-refractivity contribution in [2.45, 2.75) is 13.0 Å². The Hall–Kier alpha value is -2.43. The van der Waals surface area contributed by atoms with Gasteiger partial charge in [0.25, 0.3) is 0 Å². The van der Waals surface area contributed by atoms with Crippen LogP contribution in [0.3, 0.4) is 0 Å². The van der Waals surface area contributed by atoms with Crippen LogP contribution in [0.1, 0.15) is 28.9 Å². The van der Waals surface area contributed by atoms with E-state index >= 15 is 0 Å². The van der Waals surface area contributed by atoms with E-state index in [1.54, 1.807) is 0 Å². The average molecular weight is 242 g/mol. The van der Waals surface area contributed by atoms with E-state index in [1.165, 1.54) is 6.33 Å². The van der Waals surface area contributed by atoms with Crippen LogP contribution in [-0.4, -0.2) is 16.3 Å². The predicted octanol–water partition coefficient (Wildman–Crippen LogP) is 2.04. The highest BCUT2D eigenvalue weighted by atomic mass is 16.1. The lowest BCUT2D eigenvalue weighted by molar-refractivity contribution is 0.112. The first-order chi connectivity index (χ1) is 8.72. The Labute approximate surface area is 105 Å². The normalized spacial score (nSPS) is 11.8. The fourth-order valence-electron chi connectivity index (χ4n) is 1.67. The number of carbonyl (C=O) groups excluding carboxylic acids is 1. The van der Waals surface area contributed by atoms with Crippen LogP contribution in [0.5, 0.6) is 0 Å². The van der Waals surface area contributed by atoms with Gasteiger partial charge >= 0.3 is 0 Å². The Morgan fingerprint density at radius 2 is 2.00 bits per heavy atom. The monoisotopic (exact) mass is 242 g/mol. The molecule has 92 valence electrons. The van der Waals surface area contributed by atoms with E-state index in [2.05, 4.69) is 15.3 Å². The molecule has 3 N–H and O–H groups in total. The van der Waals surface area contributed by atoms with Gasteiger partial charge in [0.1, 0.15) is 18.0 Å². The van der Waals surface area contributed by atoms with Gasteiger partial charge in [0.15, 0.2) is 6.29 Å². The molecule has 1 unspecified atom stereocenters. The minimum Gasteiger partial charge on any atom is -0.383 e. The Kier molecular flexibility index (Phi) is 3.52. The van der Waals surface area contributed by atoms with E-state index in [-0.39, 0.29) is 11.9 Å². The number of hydrogen-bond donors (Lipinski definition) is 2. The van der Waals surface area contributed by atoms with Crippen LogP contribution in [0, 0.1) is 0 Å². The van der Waals surface area contributed by atoms with Gasteiger partial charge in [0.05, 0.1) is 5.56 Å². The molecular weight excluding hydrogens is 228 g/mol. The van der Waals surface area contributed by atoms with Crippen LogP contribution in [0.2, 0.25) is 0 Å². The molecule has 0 bridgehead atoms. The van der Waals surface area contributed by atoms with Crippen LogP contribution in [-0.2, 0) is 0 Å². The third-order valence-corrected chi connectivity index (χ3v) is 2.69. The number of rotatable bonds is 4.